The van der Waals surface area contributed by atoms with Gasteiger partial charge in [-0.25, -0.2) is 8.42 Å². The van der Waals surface area contributed by atoms with Crippen LogP contribution in [0.5, 0.6) is 5.75 Å². The summed E-state index contributed by atoms with van der Waals surface area (Å²) in [5, 5.41) is 2.79. The van der Waals surface area contributed by atoms with Gasteiger partial charge in [0.15, 0.2) is 0 Å². The first-order chi connectivity index (χ1) is 12.9. The molecule has 1 unspecified atom stereocenters. The molecule has 0 radical (unpaired) electrons. The molecule has 1 amide bonds. The second-order valence-corrected chi connectivity index (χ2v) is 8.22. The molecule has 8 heteroatoms. The minimum absolute atomic E-state index is 0.0290. The second-order valence-electron chi connectivity index (χ2n) is 6.54. The Morgan fingerprint density at radius 3 is 2.48 bits per heavy atom. The number of hydrogen-bond acceptors (Lipinski definition) is 5. The number of hydrogen-bond donors (Lipinski definition) is 3. The zero-order valence-corrected chi connectivity index (χ0v) is 15.8. The molecule has 1 aliphatic carbocycles. The van der Waals surface area contributed by atoms with E-state index in [-0.39, 0.29) is 16.8 Å². The van der Waals surface area contributed by atoms with Crippen molar-refractivity contribution in [2.45, 2.75) is 23.8 Å². The fraction of sp³-hybridized carbons (Fsp3) is 0.316. The number of nitrogens with one attached hydrogen (secondary N) is 2. The highest BCUT2D eigenvalue weighted by atomic mass is 32.2. The normalized spacial score (nSPS) is 15.0. The molecule has 4 N–H and O–H groups in total. The molecule has 0 aliphatic heterocycles. The zero-order valence-electron chi connectivity index (χ0n) is 15.0. The highest BCUT2D eigenvalue weighted by molar-refractivity contribution is 7.92. The Labute approximate surface area is 159 Å². The fourth-order valence-corrected chi connectivity index (χ4v) is 3.79. The van der Waals surface area contributed by atoms with E-state index in [0.717, 1.165) is 12.8 Å². The topological polar surface area (TPSA) is 111 Å². The van der Waals surface area contributed by atoms with Crippen LogP contribution in [-0.4, -0.2) is 34.0 Å². The highest BCUT2D eigenvalue weighted by Gasteiger charge is 2.28. The van der Waals surface area contributed by atoms with Gasteiger partial charge < -0.3 is 15.8 Å². The number of carbonyl (C=O) groups is 1. The standard InChI is InChI=1S/C19H23N3O4S/c1-26-18-5-3-2-4-17(18)22-27(24,25)15-10-8-14(9-11-15)19(23)21-12-16(20)13-6-7-13/h2-5,8-11,13,16,22H,6-7,12,20H2,1H3,(H,21,23). The summed E-state index contributed by atoms with van der Waals surface area (Å²) in [6, 6.07) is 12.5. The monoisotopic (exact) mass is 389 g/mol. The van der Waals surface area contributed by atoms with Crippen LogP contribution in [0.1, 0.15) is 23.2 Å². The van der Waals surface area contributed by atoms with Crippen LogP contribution >= 0.6 is 0 Å². The minimum Gasteiger partial charge on any atom is -0.495 e. The van der Waals surface area contributed by atoms with Gasteiger partial charge >= 0.3 is 0 Å². The van der Waals surface area contributed by atoms with Gasteiger partial charge in [0.2, 0.25) is 0 Å². The lowest BCUT2D eigenvalue weighted by atomic mass is 10.2. The van der Waals surface area contributed by atoms with Gasteiger partial charge in [0.25, 0.3) is 15.9 Å². The average molecular weight is 389 g/mol. The summed E-state index contributed by atoms with van der Waals surface area (Å²) >= 11 is 0. The Kier molecular flexibility index (Phi) is 5.67. The average Bonchev–Trinajstić information content (AvgIpc) is 3.51. The number of benzene rings is 2. The van der Waals surface area contributed by atoms with Crippen LogP contribution in [0.25, 0.3) is 0 Å². The van der Waals surface area contributed by atoms with Crippen molar-refractivity contribution < 1.29 is 17.9 Å². The number of rotatable bonds is 8. The van der Waals surface area contributed by atoms with Crippen LogP contribution in [0.4, 0.5) is 5.69 Å². The van der Waals surface area contributed by atoms with Crippen LogP contribution in [0, 0.1) is 5.92 Å². The van der Waals surface area contributed by atoms with Crippen molar-refractivity contribution in [1.82, 2.24) is 5.32 Å². The Hall–Kier alpha value is -2.58. The number of anilines is 1. The molecule has 1 fully saturated rings. The maximum Gasteiger partial charge on any atom is 0.262 e. The van der Waals surface area contributed by atoms with Crippen molar-refractivity contribution in [2.24, 2.45) is 11.7 Å². The van der Waals surface area contributed by atoms with Crippen molar-refractivity contribution in [1.29, 1.82) is 0 Å². The van der Waals surface area contributed by atoms with E-state index in [2.05, 4.69) is 10.0 Å². The summed E-state index contributed by atoms with van der Waals surface area (Å²) in [6.45, 7) is 0.416. The molecule has 1 aliphatic rings. The van der Waals surface area contributed by atoms with Crippen LogP contribution in [0.15, 0.2) is 53.4 Å². The maximum absolute atomic E-state index is 12.6. The van der Waals surface area contributed by atoms with Gasteiger partial charge in [-0.1, -0.05) is 12.1 Å². The SMILES string of the molecule is COc1ccccc1NS(=O)(=O)c1ccc(C(=O)NCC(N)C2CC2)cc1. The minimum atomic E-state index is -3.80. The van der Waals surface area contributed by atoms with E-state index >= 15 is 0 Å². The number of nitrogens with two attached hydrogens (primary N) is 1. The lowest BCUT2D eigenvalue weighted by molar-refractivity contribution is 0.0950. The molecule has 2 aromatic rings. The molecule has 0 heterocycles. The predicted octanol–water partition coefficient (Wildman–Crippen LogP) is 1.96. The third-order valence-electron chi connectivity index (χ3n) is 4.50. The molecule has 0 spiro atoms. The largest absolute Gasteiger partial charge is 0.495 e. The smallest absolute Gasteiger partial charge is 0.262 e. The molecule has 2 aromatic carbocycles. The van der Waals surface area contributed by atoms with Gasteiger partial charge in [0.1, 0.15) is 5.75 Å². The number of para-hydroxylation sites is 2. The predicted molar refractivity (Wildman–Crippen MR) is 103 cm³/mol. The fourth-order valence-electron chi connectivity index (χ4n) is 2.72. The van der Waals surface area contributed by atoms with E-state index in [9.17, 15) is 13.2 Å². The van der Waals surface area contributed by atoms with Gasteiger partial charge in [-0.05, 0) is 55.2 Å². The number of methoxy groups -OCH3 is 1. The van der Waals surface area contributed by atoms with Crippen molar-refractivity contribution in [3.8, 4) is 5.75 Å². The molecule has 0 aromatic heterocycles. The van der Waals surface area contributed by atoms with Crippen LogP contribution in [-0.2, 0) is 10.0 Å². The van der Waals surface area contributed by atoms with Gasteiger partial charge in [-0.15, -0.1) is 0 Å². The molecule has 0 saturated heterocycles. The first kappa shape index (κ1) is 19.2. The number of amides is 1. The van der Waals surface area contributed by atoms with Crippen LogP contribution < -0.4 is 20.5 Å². The van der Waals surface area contributed by atoms with E-state index in [1.54, 1.807) is 24.3 Å². The lowest BCUT2D eigenvalue weighted by Crippen LogP contribution is -2.38. The highest BCUT2D eigenvalue weighted by Crippen LogP contribution is 2.31. The summed E-state index contributed by atoms with van der Waals surface area (Å²) in [5.74, 6) is 0.649. The van der Waals surface area contributed by atoms with E-state index in [0.29, 0.717) is 29.5 Å². The van der Waals surface area contributed by atoms with E-state index in [1.807, 2.05) is 0 Å². The number of sulfonamides is 1. The molecule has 144 valence electrons. The number of ether oxygens (including phenoxy) is 1. The van der Waals surface area contributed by atoms with Crippen molar-refractivity contribution >= 4 is 21.6 Å². The van der Waals surface area contributed by atoms with Gasteiger partial charge in [-0.2, -0.15) is 0 Å². The molecule has 1 atom stereocenters. The Morgan fingerprint density at radius 2 is 1.85 bits per heavy atom. The Morgan fingerprint density at radius 1 is 1.19 bits per heavy atom. The summed E-state index contributed by atoms with van der Waals surface area (Å²) < 4.78 is 32.8. The summed E-state index contributed by atoms with van der Waals surface area (Å²) in [6.07, 6.45) is 2.23. The molecular weight excluding hydrogens is 366 g/mol. The summed E-state index contributed by atoms with van der Waals surface area (Å²) in [4.78, 5) is 12.2. The second kappa shape index (κ2) is 7.98. The summed E-state index contributed by atoms with van der Waals surface area (Å²) in [7, 11) is -2.33. The number of carbonyl (C=O) groups excluding carboxylic acids is 1. The van der Waals surface area contributed by atoms with E-state index in [1.165, 1.54) is 31.4 Å². The lowest BCUT2D eigenvalue weighted by Gasteiger charge is -2.13. The molecular formula is C19H23N3O4S. The van der Waals surface area contributed by atoms with Crippen LogP contribution in [0.2, 0.25) is 0 Å². The zero-order chi connectivity index (χ0) is 19.4. The van der Waals surface area contributed by atoms with E-state index in [4.69, 9.17) is 10.5 Å². The Balaban J connectivity index is 1.67. The quantitative estimate of drug-likeness (QED) is 0.639. The first-order valence-electron chi connectivity index (χ1n) is 8.70. The maximum atomic E-state index is 12.6. The molecule has 7 nitrogen and oxygen atoms in total. The summed E-state index contributed by atoms with van der Waals surface area (Å²) in [5.41, 5.74) is 6.70. The van der Waals surface area contributed by atoms with Gasteiger partial charge in [0.05, 0.1) is 17.7 Å². The van der Waals surface area contributed by atoms with Crippen LogP contribution in [0.3, 0.4) is 0 Å². The van der Waals surface area contributed by atoms with Crippen molar-refractivity contribution in [3.63, 3.8) is 0 Å². The van der Waals surface area contributed by atoms with Crippen molar-refractivity contribution in [2.75, 3.05) is 18.4 Å². The van der Waals surface area contributed by atoms with Gasteiger partial charge in [0, 0.05) is 18.2 Å². The molecule has 27 heavy (non-hydrogen) atoms. The molecule has 3 rings (SSSR count). The van der Waals surface area contributed by atoms with Crippen molar-refractivity contribution in [3.05, 3.63) is 54.1 Å². The molecule has 1 saturated carbocycles. The third kappa shape index (κ3) is 4.78. The van der Waals surface area contributed by atoms with E-state index < -0.39 is 10.0 Å². The Bertz CT molecular complexity index is 909. The molecule has 0 bridgehead atoms. The van der Waals surface area contributed by atoms with Gasteiger partial charge in [-0.3, -0.25) is 9.52 Å². The third-order valence-corrected chi connectivity index (χ3v) is 5.89. The first-order valence-corrected chi connectivity index (χ1v) is 10.2.